The van der Waals surface area contributed by atoms with Crippen molar-refractivity contribution in [3.05, 3.63) is 65.2 Å². The number of rotatable bonds is 7. The van der Waals surface area contributed by atoms with Crippen molar-refractivity contribution in [3.63, 3.8) is 0 Å². The van der Waals surface area contributed by atoms with E-state index in [0.717, 1.165) is 44.6 Å². The third-order valence-electron chi connectivity index (χ3n) is 5.58. The van der Waals surface area contributed by atoms with E-state index in [0.29, 0.717) is 17.9 Å². The first-order valence-corrected chi connectivity index (χ1v) is 11.6. The van der Waals surface area contributed by atoms with Crippen molar-refractivity contribution in [2.24, 2.45) is 0 Å². The highest BCUT2D eigenvalue weighted by Gasteiger charge is 2.25. The average Bonchev–Trinajstić information content (AvgIpc) is 3.19. The van der Waals surface area contributed by atoms with E-state index in [1.165, 1.54) is 5.56 Å². The van der Waals surface area contributed by atoms with Gasteiger partial charge in [0.05, 0.1) is 22.9 Å². The highest BCUT2D eigenvalue weighted by atomic mass is 35.5. The average molecular weight is 484 g/mol. The zero-order valence-corrected chi connectivity index (χ0v) is 21.3. The number of hydrogen-bond donors (Lipinski definition) is 0. The van der Waals surface area contributed by atoms with E-state index in [1.54, 1.807) is 18.4 Å². The number of methoxy groups -OCH3 is 1. The second-order valence-electron chi connectivity index (χ2n) is 8.44. The van der Waals surface area contributed by atoms with E-state index in [4.69, 9.17) is 9.72 Å². The van der Waals surface area contributed by atoms with Crippen molar-refractivity contribution >= 4 is 55.8 Å². The van der Waals surface area contributed by atoms with Crippen LogP contribution in [-0.2, 0) is 0 Å². The van der Waals surface area contributed by atoms with Gasteiger partial charge < -0.3 is 9.64 Å². The van der Waals surface area contributed by atoms with Crippen LogP contribution in [0.2, 0.25) is 0 Å². The summed E-state index contributed by atoms with van der Waals surface area (Å²) in [6, 6.07) is 16.2. The Labute approximate surface area is 205 Å². The van der Waals surface area contributed by atoms with Gasteiger partial charge in [0.15, 0.2) is 5.13 Å². The van der Waals surface area contributed by atoms with Crippen molar-refractivity contribution in [1.29, 1.82) is 0 Å². The van der Waals surface area contributed by atoms with Crippen LogP contribution in [0.15, 0.2) is 48.5 Å². The maximum absolute atomic E-state index is 13.9. The quantitative estimate of drug-likeness (QED) is 0.319. The minimum atomic E-state index is -0.0835. The van der Waals surface area contributed by atoms with Gasteiger partial charge in [-0.25, -0.2) is 4.98 Å². The molecule has 0 aliphatic heterocycles. The standard InChI is InChI=1S/C26H29N3O2S.ClH/c1-17-13-18(2)24-23(14-17)32-26(27-24)29(12-8-11-28(3)4)25(30)21-15-19-9-6-7-10-20(19)16-22(21)31-5;/h6-7,9-10,13-16H,8,11-12H2,1-5H3;1H. The number of thiazole rings is 1. The Morgan fingerprint density at radius 2 is 1.73 bits per heavy atom. The lowest BCUT2D eigenvalue weighted by atomic mass is 10.0. The summed E-state index contributed by atoms with van der Waals surface area (Å²) < 4.78 is 6.73. The predicted octanol–water partition coefficient (Wildman–Crippen LogP) is 6.10. The number of aryl methyl sites for hydroxylation is 2. The van der Waals surface area contributed by atoms with Gasteiger partial charge >= 0.3 is 0 Å². The molecule has 174 valence electrons. The minimum absolute atomic E-state index is 0. The van der Waals surface area contributed by atoms with E-state index in [2.05, 4.69) is 30.9 Å². The van der Waals surface area contributed by atoms with E-state index in [1.807, 2.05) is 55.4 Å². The molecule has 4 aromatic rings. The fraction of sp³-hybridized carbons (Fsp3) is 0.308. The number of anilines is 1. The zero-order valence-electron chi connectivity index (χ0n) is 19.7. The van der Waals surface area contributed by atoms with Crippen LogP contribution in [0.4, 0.5) is 5.13 Å². The van der Waals surface area contributed by atoms with Crippen LogP contribution >= 0.6 is 23.7 Å². The molecule has 0 atom stereocenters. The van der Waals surface area contributed by atoms with Gasteiger partial charge in [-0.1, -0.05) is 41.7 Å². The molecule has 0 aliphatic carbocycles. The molecular formula is C26H30ClN3O2S. The van der Waals surface area contributed by atoms with Crippen molar-refractivity contribution in [3.8, 4) is 5.75 Å². The molecule has 0 aliphatic rings. The zero-order chi connectivity index (χ0) is 22.8. The molecule has 4 rings (SSSR count). The Kier molecular flexibility index (Phi) is 7.95. The van der Waals surface area contributed by atoms with Crippen LogP contribution in [0.3, 0.4) is 0 Å². The number of ether oxygens (including phenoxy) is 1. The summed E-state index contributed by atoms with van der Waals surface area (Å²) in [7, 11) is 5.70. The number of halogens is 1. The lowest BCUT2D eigenvalue weighted by molar-refractivity contribution is 0.0983. The third kappa shape index (κ3) is 5.29. The van der Waals surface area contributed by atoms with Gasteiger partial charge in [0.2, 0.25) is 0 Å². The second kappa shape index (κ2) is 10.5. The first kappa shape index (κ1) is 25.0. The van der Waals surface area contributed by atoms with Crippen molar-refractivity contribution in [1.82, 2.24) is 9.88 Å². The number of aromatic nitrogens is 1. The molecule has 0 radical (unpaired) electrons. The fourth-order valence-corrected chi connectivity index (χ4v) is 5.17. The number of hydrogen-bond acceptors (Lipinski definition) is 5. The topological polar surface area (TPSA) is 45.7 Å². The van der Waals surface area contributed by atoms with Crippen molar-refractivity contribution in [2.75, 3.05) is 39.2 Å². The van der Waals surface area contributed by atoms with Crippen molar-refractivity contribution in [2.45, 2.75) is 20.3 Å². The summed E-state index contributed by atoms with van der Waals surface area (Å²) in [4.78, 5) is 22.7. The maximum Gasteiger partial charge on any atom is 0.263 e. The summed E-state index contributed by atoms with van der Waals surface area (Å²) in [6.07, 6.45) is 0.850. The van der Waals surface area contributed by atoms with Crippen LogP contribution in [0.1, 0.15) is 27.9 Å². The predicted molar refractivity (Wildman–Crippen MR) is 142 cm³/mol. The summed E-state index contributed by atoms with van der Waals surface area (Å²) in [5.41, 5.74) is 3.85. The Bertz CT molecular complexity index is 1290. The summed E-state index contributed by atoms with van der Waals surface area (Å²) in [5.74, 6) is 0.499. The number of benzene rings is 3. The molecule has 0 saturated heterocycles. The molecule has 1 amide bonds. The molecule has 0 N–H and O–H groups in total. The van der Waals surface area contributed by atoms with E-state index < -0.39 is 0 Å². The Balaban J connectivity index is 0.00000306. The summed E-state index contributed by atoms with van der Waals surface area (Å²) in [5, 5.41) is 2.79. The summed E-state index contributed by atoms with van der Waals surface area (Å²) >= 11 is 1.57. The molecule has 33 heavy (non-hydrogen) atoms. The molecule has 3 aromatic carbocycles. The van der Waals surface area contributed by atoms with Crippen LogP contribution in [0, 0.1) is 13.8 Å². The van der Waals surface area contributed by atoms with Crippen LogP contribution < -0.4 is 9.64 Å². The normalized spacial score (nSPS) is 11.1. The van der Waals surface area contributed by atoms with Gasteiger partial charge in [-0.05, 0) is 81.0 Å². The highest BCUT2D eigenvalue weighted by molar-refractivity contribution is 7.22. The molecular weight excluding hydrogens is 454 g/mol. The highest BCUT2D eigenvalue weighted by Crippen LogP contribution is 2.34. The summed E-state index contributed by atoms with van der Waals surface area (Å²) in [6.45, 7) is 5.64. The second-order valence-corrected chi connectivity index (χ2v) is 9.45. The number of amides is 1. The van der Waals surface area contributed by atoms with E-state index >= 15 is 0 Å². The molecule has 5 nitrogen and oxygen atoms in total. The molecule has 1 aromatic heterocycles. The monoisotopic (exact) mass is 483 g/mol. The molecule has 7 heteroatoms. The van der Waals surface area contributed by atoms with Gasteiger partial charge in [0, 0.05) is 6.54 Å². The lowest BCUT2D eigenvalue weighted by Gasteiger charge is -2.22. The largest absolute Gasteiger partial charge is 0.496 e. The van der Waals surface area contributed by atoms with Gasteiger partial charge in [0.25, 0.3) is 5.91 Å². The lowest BCUT2D eigenvalue weighted by Crippen LogP contribution is -2.33. The SMILES string of the molecule is COc1cc2ccccc2cc1C(=O)N(CCCN(C)C)c1nc2c(C)cc(C)cc2s1.Cl. The number of nitrogens with zero attached hydrogens (tertiary/aromatic N) is 3. The molecule has 0 unspecified atom stereocenters. The first-order valence-electron chi connectivity index (χ1n) is 10.8. The first-order chi connectivity index (χ1) is 15.4. The molecule has 0 bridgehead atoms. The minimum Gasteiger partial charge on any atom is -0.496 e. The Hall–Kier alpha value is -2.67. The van der Waals surface area contributed by atoms with Gasteiger partial charge in [-0.3, -0.25) is 9.69 Å². The van der Waals surface area contributed by atoms with E-state index in [-0.39, 0.29) is 18.3 Å². The Morgan fingerprint density at radius 1 is 1.03 bits per heavy atom. The number of fused-ring (bicyclic) bond motifs is 2. The number of carbonyl (C=O) groups is 1. The van der Waals surface area contributed by atoms with Crippen LogP contribution in [0.5, 0.6) is 5.75 Å². The molecule has 0 fully saturated rings. The number of carbonyl (C=O) groups excluding carboxylic acids is 1. The van der Waals surface area contributed by atoms with E-state index in [9.17, 15) is 4.79 Å². The molecule has 1 heterocycles. The fourth-order valence-electron chi connectivity index (χ4n) is 4.00. The van der Waals surface area contributed by atoms with Crippen molar-refractivity contribution < 1.29 is 9.53 Å². The molecule has 0 saturated carbocycles. The maximum atomic E-state index is 13.9. The molecule has 0 spiro atoms. The smallest absolute Gasteiger partial charge is 0.263 e. The van der Waals surface area contributed by atoms with Gasteiger partial charge in [-0.15, -0.1) is 12.4 Å². The third-order valence-corrected chi connectivity index (χ3v) is 6.61. The van der Waals surface area contributed by atoms with Crippen LogP contribution in [-0.4, -0.2) is 50.1 Å². The Morgan fingerprint density at radius 3 is 2.39 bits per heavy atom. The van der Waals surface area contributed by atoms with Gasteiger partial charge in [-0.2, -0.15) is 0 Å². The van der Waals surface area contributed by atoms with Crippen LogP contribution in [0.25, 0.3) is 21.0 Å². The van der Waals surface area contributed by atoms with Gasteiger partial charge in [0.1, 0.15) is 5.75 Å².